The van der Waals surface area contributed by atoms with E-state index in [1.807, 2.05) is 0 Å². The third-order valence-electron chi connectivity index (χ3n) is 2.88. The SMILES string of the molecule is CC(=O)NC(CC(=O)O)c1ccc(Cl)c2cccnc12. The van der Waals surface area contributed by atoms with Gasteiger partial charge in [-0.2, -0.15) is 0 Å². The van der Waals surface area contributed by atoms with E-state index in [2.05, 4.69) is 10.3 Å². The van der Waals surface area contributed by atoms with E-state index >= 15 is 0 Å². The van der Waals surface area contributed by atoms with Gasteiger partial charge in [0.25, 0.3) is 0 Å². The number of halogens is 1. The number of rotatable bonds is 4. The number of carboxylic acids is 1. The molecule has 0 aliphatic carbocycles. The van der Waals surface area contributed by atoms with E-state index in [-0.39, 0.29) is 12.3 Å². The van der Waals surface area contributed by atoms with Crippen molar-refractivity contribution in [3.63, 3.8) is 0 Å². The Hall–Kier alpha value is -2.14. The number of carbonyl (C=O) groups excluding carboxylic acids is 1. The topological polar surface area (TPSA) is 79.3 Å². The van der Waals surface area contributed by atoms with Crippen LogP contribution in [0.3, 0.4) is 0 Å². The fraction of sp³-hybridized carbons (Fsp3) is 0.214. The molecule has 0 fully saturated rings. The summed E-state index contributed by atoms with van der Waals surface area (Å²) < 4.78 is 0. The smallest absolute Gasteiger partial charge is 0.305 e. The van der Waals surface area contributed by atoms with Gasteiger partial charge in [0.15, 0.2) is 0 Å². The minimum absolute atomic E-state index is 0.215. The normalized spacial score (nSPS) is 12.1. The molecule has 1 aromatic heterocycles. The van der Waals surface area contributed by atoms with E-state index in [4.69, 9.17) is 16.7 Å². The van der Waals surface area contributed by atoms with Crippen molar-refractivity contribution in [3.05, 3.63) is 41.0 Å². The van der Waals surface area contributed by atoms with Crippen molar-refractivity contribution in [2.45, 2.75) is 19.4 Å². The zero-order valence-electron chi connectivity index (χ0n) is 10.8. The lowest BCUT2D eigenvalue weighted by Gasteiger charge is -2.18. The molecule has 2 aromatic rings. The molecule has 2 N–H and O–H groups in total. The van der Waals surface area contributed by atoms with E-state index < -0.39 is 12.0 Å². The molecule has 20 heavy (non-hydrogen) atoms. The first-order valence-electron chi connectivity index (χ1n) is 6.01. The molecule has 0 spiro atoms. The highest BCUT2D eigenvalue weighted by atomic mass is 35.5. The summed E-state index contributed by atoms with van der Waals surface area (Å²) >= 11 is 6.10. The predicted octanol–water partition coefficient (Wildman–Crippen LogP) is 2.54. The number of carbonyl (C=O) groups is 2. The van der Waals surface area contributed by atoms with Crippen LogP contribution >= 0.6 is 11.6 Å². The van der Waals surface area contributed by atoms with Crippen molar-refractivity contribution in [1.82, 2.24) is 10.3 Å². The van der Waals surface area contributed by atoms with Gasteiger partial charge in [-0.05, 0) is 18.2 Å². The molecule has 0 aliphatic rings. The Morgan fingerprint density at radius 1 is 1.40 bits per heavy atom. The molecule has 0 aliphatic heterocycles. The first-order chi connectivity index (χ1) is 9.49. The van der Waals surface area contributed by atoms with Gasteiger partial charge in [0, 0.05) is 29.1 Å². The van der Waals surface area contributed by atoms with Crippen LogP contribution in [-0.4, -0.2) is 22.0 Å². The molecule has 104 valence electrons. The number of amides is 1. The van der Waals surface area contributed by atoms with Gasteiger partial charge in [0.1, 0.15) is 0 Å². The van der Waals surface area contributed by atoms with Crippen LogP contribution in [0.15, 0.2) is 30.5 Å². The van der Waals surface area contributed by atoms with Crippen LogP contribution in [0.25, 0.3) is 10.9 Å². The molecule has 5 nitrogen and oxygen atoms in total. The second-order valence-electron chi connectivity index (χ2n) is 4.39. The average molecular weight is 293 g/mol. The molecular formula is C14H13ClN2O3. The molecule has 1 atom stereocenters. The number of pyridine rings is 1. The van der Waals surface area contributed by atoms with E-state index in [0.717, 1.165) is 5.39 Å². The Morgan fingerprint density at radius 3 is 2.80 bits per heavy atom. The van der Waals surface area contributed by atoms with Gasteiger partial charge in [-0.1, -0.05) is 17.7 Å². The Labute approximate surface area is 120 Å². The molecule has 1 unspecified atom stereocenters. The molecule has 0 saturated carbocycles. The molecule has 1 aromatic carbocycles. The summed E-state index contributed by atoms with van der Waals surface area (Å²) in [6.07, 6.45) is 1.39. The number of carboxylic acid groups (broad SMARTS) is 1. The highest BCUT2D eigenvalue weighted by molar-refractivity contribution is 6.35. The number of fused-ring (bicyclic) bond motifs is 1. The van der Waals surface area contributed by atoms with Crippen molar-refractivity contribution in [1.29, 1.82) is 0 Å². The molecule has 1 amide bonds. The summed E-state index contributed by atoms with van der Waals surface area (Å²) in [7, 11) is 0. The highest BCUT2D eigenvalue weighted by Gasteiger charge is 2.20. The van der Waals surface area contributed by atoms with Crippen LogP contribution in [0.5, 0.6) is 0 Å². The van der Waals surface area contributed by atoms with E-state index in [9.17, 15) is 9.59 Å². The second-order valence-corrected chi connectivity index (χ2v) is 4.79. The molecule has 0 bridgehead atoms. The third-order valence-corrected chi connectivity index (χ3v) is 3.21. The first-order valence-corrected chi connectivity index (χ1v) is 6.39. The van der Waals surface area contributed by atoms with E-state index in [1.165, 1.54) is 6.92 Å². The fourth-order valence-electron chi connectivity index (χ4n) is 2.10. The second kappa shape index (κ2) is 5.88. The number of nitrogens with one attached hydrogen (secondary N) is 1. The summed E-state index contributed by atoms with van der Waals surface area (Å²) in [5.74, 6) is -1.29. The largest absolute Gasteiger partial charge is 0.481 e. The molecule has 0 saturated heterocycles. The Balaban J connectivity index is 2.55. The van der Waals surface area contributed by atoms with Crippen molar-refractivity contribution in [3.8, 4) is 0 Å². The monoisotopic (exact) mass is 292 g/mol. The average Bonchev–Trinajstić information content (AvgIpc) is 2.37. The number of benzene rings is 1. The third kappa shape index (κ3) is 3.05. The summed E-state index contributed by atoms with van der Waals surface area (Å²) in [5, 5.41) is 12.9. The van der Waals surface area contributed by atoms with Crippen LogP contribution < -0.4 is 5.32 Å². The van der Waals surface area contributed by atoms with Crippen molar-refractivity contribution < 1.29 is 14.7 Å². The van der Waals surface area contributed by atoms with Gasteiger partial charge < -0.3 is 10.4 Å². The van der Waals surface area contributed by atoms with Gasteiger partial charge in [0.05, 0.1) is 18.0 Å². The van der Waals surface area contributed by atoms with Gasteiger partial charge in [0.2, 0.25) is 5.91 Å². The zero-order valence-corrected chi connectivity index (χ0v) is 11.5. The first kappa shape index (κ1) is 14.3. The number of nitrogens with zero attached hydrogens (tertiary/aromatic N) is 1. The van der Waals surface area contributed by atoms with Crippen LogP contribution in [0, 0.1) is 0 Å². The standard InChI is InChI=1S/C14H13ClN2O3/c1-8(18)17-12(7-13(19)20)10-4-5-11(15)9-3-2-6-16-14(9)10/h2-6,12H,7H2,1H3,(H,17,18)(H,19,20). The minimum Gasteiger partial charge on any atom is -0.481 e. The summed E-state index contributed by atoms with van der Waals surface area (Å²) in [5.41, 5.74) is 1.24. The maximum Gasteiger partial charge on any atom is 0.305 e. The number of aromatic nitrogens is 1. The van der Waals surface area contributed by atoms with Gasteiger partial charge in [-0.25, -0.2) is 0 Å². The quantitative estimate of drug-likeness (QED) is 0.907. The Bertz CT molecular complexity index is 657. The number of aliphatic carboxylic acids is 1. The van der Waals surface area contributed by atoms with Crippen LogP contribution in [0.2, 0.25) is 5.02 Å². The molecule has 6 heteroatoms. The lowest BCUT2D eigenvalue weighted by molar-refractivity contribution is -0.137. The van der Waals surface area contributed by atoms with Gasteiger partial charge in [-0.3, -0.25) is 14.6 Å². The van der Waals surface area contributed by atoms with Crippen molar-refractivity contribution >= 4 is 34.4 Å². The molecule has 1 heterocycles. The summed E-state index contributed by atoms with van der Waals surface area (Å²) in [4.78, 5) is 26.5. The van der Waals surface area contributed by atoms with Gasteiger partial charge >= 0.3 is 5.97 Å². The predicted molar refractivity (Wildman–Crippen MR) is 75.6 cm³/mol. The summed E-state index contributed by atoms with van der Waals surface area (Å²) in [6.45, 7) is 1.35. The maximum absolute atomic E-state index is 11.3. The lowest BCUT2D eigenvalue weighted by Crippen LogP contribution is -2.28. The fourth-order valence-corrected chi connectivity index (χ4v) is 2.32. The Kier molecular flexibility index (Phi) is 4.20. The van der Waals surface area contributed by atoms with E-state index in [1.54, 1.807) is 30.5 Å². The maximum atomic E-state index is 11.3. The Morgan fingerprint density at radius 2 is 2.15 bits per heavy atom. The van der Waals surface area contributed by atoms with Crippen molar-refractivity contribution in [2.24, 2.45) is 0 Å². The number of hydrogen-bond donors (Lipinski definition) is 2. The van der Waals surface area contributed by atoms with Crippen molar-refractivity contribution in [2.75, 3.05) is 0 Å². The van der Waals surface area contributed by atoms with Crippen LogP contribution in [0.1, 0.15) is 24.9 Å². The molecule has 0 radical (unpaired) electrons. The van der Waals surface area contributed by atoms with Crippen LogP contribution in [-0.2, 0) is 9.59 Å². The highest BCUT2D eigenvalue weighted by Crippen LogP contribution is 2.29. The molecule has 2 rings (SSSR count). The molecular weight excluding hydrogens is 280 g/mol. The van der Waals surface area contributed by atoms with E-state index in [0.29, 0.717) is 16.1 Å². The summed E-state index contributed by atoms with van der Waals surface area (Å²) in [6, 6.07) is 6.29. The van der Waals surface area contributed by atoms with Gasteiger partial charge in [-0.15, -0.1) is 0 Å². The minimum atomic E-state index is -0.997. The van der Waals surface area contributed by atoms with Crippen LogP contribution in [0.4, 0.5) is 0 Å². The number of hydrogen-bond acceptors (Lipinski definition) is 3. The lowest BCUT2D eigenvalue weighted by atomic mass is 10.00. The zero-order chi connectivity index (χ0) is 14.7.